The lowest BCUT2D eigenvalue weighted by Gasteiger charge is -2.32. The van der Waals surface area contributed by atoms with E-state index in [0.717, 1.165) is 19.3 Å². The van der Waals surface area contributed by atoms with Crippen molar-refractivity contribution in [2.24, 2.45) is 10.8 Å². The van der Waals surface area contributed by atoms with Crippen molar-refractivity contribution in [1.29, 1.82) is 0 Å². The Bertz CT molecular complexity index is 879. The van der Waals surface area contributed by atoms with Crippen molar-refractivity contribution in [3.8, 4) is 0 Å². The first-order chi connectivity index (χ1) is 13.6. The number of fused-ring (bicyclic) bond motifs is 1. The molecule has 0 saturated heterocycles. The number of nitrogens with zero attached hydrogens (tertiary/aromatic N) is 1. The Labute approximate surface area is 168 Å². The van der Waals surface area contributed by atoms with Gasteiger partial charge in [0.25, 0.3) is 11.8 Å². The normalized spacial score (nSPS) is 24.0. The fourth-order valence-corrected chi connectivity index (χ4v) is 4.36. The quantitative estimate of drug-likeness (QED) is 0.780. The largest absolute Gasteiger partial charge is 0.444 e. The molecule has 4 rings (SSSR count). The Hall–Kier alpha value is -2.90. The number of rotatable bonds is 4. The third-order valence-electron chi connectivity index (χ3n) is 6.10. The Morgan fingerprint density at radius 1 is 1.10 bits per heavy atom. The summed E-state index contributed by atoms with van der Waals surface area (Å²) in [5.41, 5.74) is -1.42. The molecule has 154 valence electrons. The molecule has 3 aliphatic rings. The lowest BCUT2D eigenvalue weighted by atomic mass is 9.75. The minimum absolute atomic E-state index is 0.0456. The fourth-order valence-electron chi connectivity index (χ4n) is 4.36. The minimum atomic E-state index is -0.947. The van der Waals surface area contributed by atoms with Crippen LogP contribution in [0.5, 0.6) is 0 Å². The highest BCUT2D eigenvalue weighted by Gasteiger charge is 2.75. The Morgan fingerprint density at radius 3 is 2.14 bits per heavy atom. The number of ether oxygens (including phenoxy) is 1. The molecule has 3 amide bonds. The molecule has 0 bridgehead atoms. The number of imide groups is 1. The third kappa shape index (κ3) is 3.07. The molecule has 1 spiro atoms. The number of hydroxylamine groups is 2. The number of hydrogen-bond acceptors (Lipinski definition) is 6. The van der Waals surface area contributed by atoms with Crippen molar-refractivity contribution in [3.63, 3.8) is 0 Å². The number of alkyl carbamates (subject to hydrolysis) is 1. The van der Waals surface area contributed by atoms with Gasteiger partial charge in [0.2, 0.25) is 0 Å². The summed E-state index contributed by atoms with van der Waals surface area (Å²) in [5, 5.41) is 3.20. The van der Waals surface area contributed by atoms with Crippen LogP contribution in [-0.4, -0.2) is 41.1 Å². The molecule has 2 saturated carbocycles. The zero-order chi connectivity index (χ0) is 21.0. The van der Waals surface area contributed by atoms with Crippen LogP contribution in [0.4, 0.5) is 4.79 Å². The van der Waals surface area contributed by atoms with E-state index in [9.17, 15) is 19.2 Å². The molecule has 1 heterocycles. The summed E-state index contributed by atoms with van der Waals surface area (Å²) in [6.45, 7) is 5.31. The van der Waals surface area contributed by atoms with E-state index in [-0.39, 0.29) is 23.1 Å². The monoisotopic (exact) mass is 400 g/mol. The van der Waals surface area contributed by atoms with Crippen LogP contribution in [0.25, 0.3) is 0 Å². The molecule has 2 aliphatic carbocycles. The van der Waals surface area contributed by atoms with Gasteiger partial charge in [-0.1, -0.05) is 23.6 Å². The van der Waals surface area contributed by atoms with Crippen LogP contribution in [-0.2, 0) is 14.4 Å². The summed E-state index contributed by atoms with van der Waals surface area (Å²) in [6.07, 6.45) is 2.62. The second-order valence-electron chi connectivity index (χ2n) is 9.08. The minimum Gasteiger partial charge on any atom is -0.444 e. The molecule has 29 heavy (non-hydrogen) atoms. The van der Waals surface area contributed by atoms with Gasteiger partial charge < -0.3 is 14.9 Å². The molecule has 0 aromatic heterocycles. The highest BCUT2D eigenvalue weighted by Crippen LogP contribution is 2.74. The first-order valence-electron chi connectivity index (χ1n) is 9.76. The van der Waals surface area contributed by atoms with Crippen molar-refractivity contribution in [2.75, 3.05) is 6.54 Å². The number of carbonyl (C=O) groups is 4. The van der Waals surface area contributed by atoms with Gasteiger partial charge in [-0.25, -0.2) is 9.59 Å². The van der Waals surface area contributed by atoms with Crippen molar-refractivity contribution in [2.45, 2.75) is 52.1 Å². The van der Waals surface area contributed by atoms with Crippen LogP contribution in [0.1, 0.15) is 67.2 Å². The third-order valence-corrected chi connectivity index (χ3v) is 6.10. The van der Waals surface area contributed by atoms with Gasteiger partial charge in [-0.3, -0.25) is 9.59 Å². The number of benzene rings is 1. The number of carbonyl (C=O) groups excluding carboxylic acids is 4. The molecule has 1 aromatic carbocycles. The van der Waals surface area contributed by atoms with Crippen molar-refractivity contribution >= 4 is 23.9 Å². The van der Waals surface area contributed by atoms with Crippen LogP contribution < -0.4 is 5.32 Å². The second-order valence-corrected chi connectivity index (χ2v) is 9.08. The first kappa shape index (κ1) is 19.4. The fraction of sp³-hybridized carbons (Fsp3) is 0.524. The van der Waals surface area contributed by atoms with Gasteiger partial charge in [0, 0.05) is 6.54 Å². The average molecular weight is 400 g/mol. The lowest BCUT2D eigenvalue weighted by Crippen LogP contribution is -2.45. The standard InChI is InChI=1S/C21H24N2O6/c1-19(2,3)28-18(27)22-12-21(11-20(21)9-6-10-20)17(26)29-23-15(24)13-7-4-5-8-14(13)16(23)25/h4-5,7-8H,6,9-12H2,1-3H3,(H,22,27). The lowest BCUT2D eigenvalue weighted by molar-refractivity contribution is -0.178. The molecule has 1 aromatic rings. The summed E-state index contributed by atoms with van der Waals surface area (Å²) in [5.74, 6) is -1.97. The average Bonchev–Trinajstić information content (AvgIpc) is 3.27. The van der Waals surface area contributed by atoms with Gasteiger partial charge in [0.1, 0.15) is 5.60 Å². The summed E-state index contributed by atoms with van der Waals surface area (Å²) in [4.78, 5) is 55.4. The Balaban J connectivity index is 1.48. The van der Waals surface area contributed by atoms with Crippen LogP contribution in [0.2, 0.25) is 0 Å². The molecule has 1 unspecified atom stereocenters. The Morgan fingerprint density at radius 2 is 1.69 bits per heavy atom. The molecular weight excluding hydrogens is 376 g/mol. The van der Waals surface area contributed by atoms with E-state index < -0.39 is 34.9 Å². The summed E-state index contributed by atoms with van der Waals surface area (Å²) in [7, 11) is 0. The number of amides is 3. The zero-order valence-corrected chi connectivity index (χ0v) is 16.7. The highest BCUT2D eigenvalue weighted by atomic mass is 16.7. The van der Waals surface area contributed by atoms with Gasteiger partial charge in [0.05, 0.1) is 16.5 Å². The predicted molar refractivity (Wildman–Crippen MR) is 101 cm³/mol. The zero-order valence-electron chi connectivity index (χ0n) is 16.7. The number of hydrogen-bond donors (Lipinski definition) is 1. The smallest absolute Gasteiger partial charge is 0.407 e. The maximum Gasteiger partial charge on any atom is 0.407 e. The maximum atomic E-state index is 13.1. The van der Waals surface area contributed by atoms with Crippen molar-refractivity contribution < 1.29 is 28.8 Å². The topological polar surface area (TPSA) is 102 Å². The van der Waals surface area contributed by atoms with E-state index >= 15 is 0 Å². The van der Waals surface area contributed by atoms with Gasteiger partial charge >= 0.3 is 12.1 Å². The van der Waals surface area contributed by atoms with Crippen LogP contribution in [0.3, 0.4) is 0 Å². The first-order valence-corrected chi connectivity index (χ1v) is 9.76. The van der Waals surface area contributed by atoms with E-state index in [0.29, 0.717) is 11.5 Å². The number of nitrogens with one attached hydrogen (secondary N) is 1. The summed E-state index contributed by atoms with van der Waals surface area (Å²) < 4.78 is 5.25. The van der Waals surface area contributed by atoms with E-state index in [2.05, 4.69) is 5.32 Å². The highest BCUT2D eigenvalue weighted by molar-refractivity contribution is 6.21. The van der Waals surface area contributed by atoms with Crippen LogP contribution in [0, 0.1) is 10.8 Å². The summed E-state index contributed by atoms with van der Waals surface area (Å²) >= 11 is 0. The second kappa shape index (κ2) is 6.30. The van der Waals surface area contributed by atoms with E-state index in [4.69, 9.17) is 9.57 Å². The molecule has 2 fully saturated rings. The molecule has 1 N–H and O–H groups in total. The molecular formula is C21H24N2O6. The molecule has 0 radical (unpaired) electrons. The van der Waals surface area contributed by atoms with E-state index in [1.54, 1.807) is 32.9 Å². The maximum absolute atomic E-state index is 13.1. The van der Waals surface area contributed by atoms with Crippen molar-refractivity contribution in [3.05, 3.63) is 35.4 Å². The van der Waals surface area contributed by atoms with E-state index in [1.807, 2.05) is 0 Å². The van der Waals surface area contributed by atoms with Crippen molar-refractivity contribution in [1.82, 2.24) is 10.4 Å². The van der Waals surface area contributed by atoms with Gasteiger partial charge in [-0.05, 0) is 57.6 Å². The van der Waals surface area contributed by atoms with Gasteiger partial charge in [-0.2, -0.15) is 0 Å². The van der Waals surface area contributed by atoms with Gasteiger partial charge in [0.15, 0.2) is 0 Å². The molecule has 8 nitrogen and oxygen atoms in total. The van der Waals surface area contributed by atoms with Crippen LogP contribution in [0.15, 0.2) is 24.3 Å². The molecule has 1 aliphatic heterocycles. The van der Waals surface area contributed by atoms with Crippen LogP contribution >= 0.6 is 0 Å². The predicted octanol–water partition coefficient (Wildman–Crippen LogP) is 2.83. The SMILES string of the molecule is CC(C)(C)OC(=O)NCC1(C(=O)ON2C(=O)c3ccccc3C2=O)CC12CCC2. The Kier molecular flexibility index (Phi) is 4.22. The van der Waals surface area contributed by atoms with E-state index in [1.165, 1.54) is 12.1 Å². The van der Waals surface area contributed by atoms with Gasteiger partial charge in [-0.15, -0.1) is 0 Å². The molecule has 8 heteroatoms. The summed E-state index contributed by atoms with van der Waals surface area (Å²) in [6, 6.07) is 6.33. The molecule has 1 atom stereocenters.